The highest BCUT2D eigenvalue weighted by molar-refractivity contribution is 6.00. The molecule has 0 aliphatic carbocycles. The number of carbonyl (C=O) groups excluding carboxylic acids is 1. The molecule has 0 spiro atoms. The molecule has 0 amide bonds. The zero-order valence-electron chi connectivity index (χ0n) is 9.37. The molecule has 1 aliphatic heterocycles. The molecular formula is C10H10ClNO6. The predicted molar refractivity (Wildman–Crippen MR) is 47.7 cm³/mol. The van der Waals surface area contributed by atoms with Gasteiger partial charge in [-0.25, -0.2) is 23.4 Å². The number of esters is 1. The molecule has 98 valence electrons. The van der Waals surface area contributed by atoms with E-state index in [1.54, 1.807) is 4.58 Å². The third-order valence-electron chi connectivity index (χ3n) is 1.94. The smallest absolute Gasteiger partial charge is 0.366 e. The van der Waals surface area contributed by atoms with Crippen molar-refractivity contribution in [3.05, 3.63) is 35.9 Å². The third kappa shape index (κ3) is 5.21. The van der Waals surface area contributed by atoms with Gasteiger partial charge in [0.1, 0.15) is 7.05 Å². The van der Waals surface area contributed by atoms with Gasteiger partial charge in [-0.1, -0.05) is 18.2 Å². The van der Waals surface area contributed by atoms with Crippen molar-refractivity contribution >= 4 is 11.9 Å². The Hall–Kier alpha value is -1.51. The Balaban J connectivity index is 0.000000280. The van der Waals surface area contributed by atoms with Crippen LogP contribution in [0.1, 0.15) is 5.56 Å². The summed E-state index contributed by atoms with van der Waals surface area (Å²) in [6.45, 7) is 0.338. The molecule has 18 heavy (non-hydrogen) atoms. The number of carbonyl (C=O) groups is 1. The van der Waals surface area contributed by atoms with E-state index in [1.807, 2.05) is 37.4 Å². The number of halogens is 1. The molecule has 0 unspecified atom stereocenters. The second kappa shape index (κ2) is 5.89. The Kier molecular flexibility index (Phi) is 4.76. The Morgan fingerprint density at radius 2 is 1.67 bits per heavy atom. The molecule has 7 nitrogen and oxygen atoms in total. The molecule has 0 N–H and O–H groups in total. The number of hydrogen-bond acceptors (Lipinski definition) is 6. The monoisotopic (exact) mass is 275 g/mol. The maximum Gasteiger partial charge on any atom is 0.381 e. The fourth-order valence-corrected chi connectivity index (χ4v) is 1.34. The quantitative estimate of drug-likeness (QED) is 0.379. The lowest BCUT2D eigenvalue weighted by atomic mass is 10.2. The number of ether oxygens (including phenoxy) is 1. The molecule has 0 aromatic heterocycles. The maximum atomic E-state index is 11.0. The van der Waals surface area contributed by atoms with Gasteiger partial charge in [-0.3, -0.25) is 0 Å². The van der Waals surface area contributed by atoms with Gasteiger partial charge < -0.3 is 4.74 Å². The zero-order chi connectivity index (χ0) is 13.8. The summed E-state index contributed by atoms with van der Waals surface area (Å²) < 4.78 is 40.8. The van der Waals surface area contributed by atoms with Crippen molar-refractivity contribution < 1.29 is 43.0 Å². The van der Waals surface area contributed by atoms with Gasteiger partial charge in [0.05, 0.1) is 5.56 Å². The van der Waals surface area contributed by atoms with E-state index in [0.717, 1.165) is 5.56 Å². The van der Waals surface area contributed by atoms with Crippen LogP contribution in [-0.2, 0) is 9.53 Å². The summed E-state index contributed by atoms with van der Waals surface area (Å²) in [5.41, 5.74) is 0.941. The SMILES string of the molecule is C[N+]1=C(c2ccccc2)OC(=O)C1.[O-][Cl+3]([O-])([O-])[O-]. The summed E-state index contributed by atoms with van der Waals surface area (Å²) >= 11 is 0. The van der Waals surface area contributed by atoms with Crippen LogP contribution in [0.4, 0.5) is 0 Å². The summed E-state index contributed by atoms with van der Waals surface area (Å²) in [4.78, 5) is 11.0. The average Bonchev–Trinajstić information content (AvgIpc) is 2.57. The topological polar surface area (TPSA) is 122 Å². The molecule has 0 fully saturated rings. The Morgan fingerprint density at radius 3 is 2.06 bits per heavy atom. The second-order valence-corrected chi connectivity index (χ2v) is 4.14. The van der Waals surface area contributed by atoms with Crippen LogP contribution in [0.5, 0.6) is 0 Å². The van der Waals surface area contributed by atoms with Gasteiger partial charge in [0, 0.05) is 0 Å². The number of rotatable bonds is 1. The molecule has 8 heteroatoms. The predicted octanol–water partition coefficient (Wildman–Crippen LogP) is -4.12. The first-order valence-corrected chi connectivity index (χ1v) is 5.97. The highest BCUT2D eigenvalue weighted by Gasteiger charge is 2.29. The lowest BCUT2D eigenvalue weighted by Crippen LogP contribution is -2.68. The van der Waals surface area contributed by atoms with E-state index in [2.05, 4.69) is 0 Å². The molecule has 0 radical (unpaired) electrons. The number of cyclic esters (lactones) is 1. The van der Waals surface area contributed by atoms with Crippen LogP contribution in [0.15, 0.2) is 30.3 Å². The van der Waals surface area contributed by atoms with Crippen LogP contribution < -0.4 is 18.6 Å². The molecule has 1 heterocycles. The Morgan fingerprint density at radius 1 is 1.17 bits per heavy atom. The molecule has 2 rings (SSSR count). The van der Waals surface area contributed by atoms with Crippen molar-refractivity contribution in [1.82, 2.24) is 0 Å². The van der Waals surface area contributed by atoms with Crippen LogP contribution in [-0.4, -0.2) is 30.0 Å². The van der Waals surface area contributed by atoms with Crippen LogP contribution in [0.3, 0.4) is 0 Å². The van der Waals surface area contributed by atoms with Crippen LogP contribution in [0.2, 0.25) is 0 Å². The maximum absolute atomic E-state index is 11.0. The fraction of sp³-hybridized carbons (Fsp3) is 0.200. The van der Waals surface area contributed by atoms with Crippen LogP contribution >= 0.6 is 0 Å². The van der Waals surface area contributed by atoms with Crippen molar-refractivity contribution in [2.45, 2.75) is 0 Å². The van der Waals surface area contributed by atoms with E-state index in [9.17, 15) is 4.79 Å². The number of likely N-dealkylation sites (N-methyl/N-ethyl adjacent to an activating group) is 1. The van der Waals surface area contributed by atoms with Crippen molar-refractivity contribution in [1.29, 1.82) is 0 Å². The first-order valence-electron chi connectivity index (χ1n) is 4.73. The lowest BCUT2D eigenvalue weighted by molar-refractivity contribution is -2.00. The van der Waals surface area contributed by atoms with Gasteiger partial charge in [-0.05, 0) is 12.1 Å². The summed E-state index contributed by atoms with van der Waals surface area (Å²) in [7, 11) is -3.10. The minimum absolute atomic E-state index is 0.193. The van der Waals surface area contributed by atoms with Gasteiger partial charge in [0.25, 0.3) is 0 Å². The van der Waals surface area contributed by atoms with E-state index in [1.165, 1.54) is 0 Å². The van der Waals surface area contributed by atoms with Crippen molar-refractivity contribution in [3.8, 4) is 0 Å². The second-order valence-electron chi connectivity index (χ2n) is 3.38. The molecule has 0 saturated heterocycles. The number of benzene rings is 1. The molecule has 1 aromatic rings. The molecule has 0 bridgehead atoms. The van der Waals surface area contributed by atoms with E-state index in [0.29, 0.717) is 12.4 Å². The standard InChI is InChI=1S/C10H10NO2.ClHO4/c1-11-7-9(12)13-10(11)8-5-3-2-4-6-8;2-1(3,4)5/h2-6H,7H2,1H3;(H,2,3,4,5)/q+1;/p-1. The van der Waals surface area contributed by atoms with Gasteiger partial charge in [0.2, 0.25) is 6.54 Å². The minimum atomic E-state index is -4.94. The first kappa shape index (κ1) is 14.6. The highest BCUT2D eigenvalue weighted by atomic mass is 35.7. The minimum Gasteiger partial charge on any atom is -0.366 e. The third-order valence-corrected chi connectivity index (χ3v) is 1.94. The Labute approximate surface area is 105 Å². The van der Waals surface area contributed by atoms with Gasteiger partial charge in [-0.2, -0.15) is 4.58 Å². The lowest BCUT2D eigenvalue weighted by Gasteiger charge is -2.17. The largest absolute Gasteiger partial charge is 0.381 e. The van der Waals surface area contributed by atoms with Gasteiger partial charge >= 0.3 is 11.9 Å². The summed E-state index contributed by atoms with van der Waals surface area (Å²) in [6.07, 6.45) is 0. The first-order chi connectivity index (χ1) is 8.27. The normalized spacial score (nSPS) is 15.1. The van der Waals surface area contributed by atoms with Crippen LogP contribution in [0, 0.1) is 10.2 Å². The Bertz CT molecular complexity index is 447. The summed E-state index contributed by atoms with van der Waals surface area (Å²) in [6, 6.07) is 9.61. The molecule has 1 aromatic carbocycles. The van der Waals surface area contributed by atoms with E-state index in [-0.39, 0.29) is 5.97 Å². The average molecular weight is 276 g/mol. The van der Waals surface area contributed by atoms with E-state index < -0.39 is 10.2 Å². The van der Waals surface area contributed by atoms with Crippen molar-refractivity contribution in [2.24, 2.45) is 0 Å². The summed E-state index contributed by atoms with van der Waals surface area (Å²) in [5, 5.41) is 0. The van der Waals surface area contributed by atoms with E-state index in [4.69, 9.17) is 23.4 Å². The zero-order valence-corrected chi connectivity index (χ0v) is 10.1. The molecular weight excluding hydrogens is 266 g/mol. The number of hydrogen-bond donors (Lipinski definition) is 0. The van der Waals surface area contributed by atoms with Crippen LogP contribution in [0.25, 0.3) is 0 Å². The van der Waals surface area contributed by atoms with Gasteiger partial charge in [0.15, 0.2) is 0 Å². The molecule has 0 atom stereocenters. The molecule has 1 aliphatic rings. The number of nitrogens with zero attached hydrogens (tertiary/aromatic N) is 1. The summed E-state index contributed by atoms with van der Waals surface area (Å²) in [5.74, 6) is 0.451. The van der Waals surface area contributed by atoms with E-state index >= 15 is 0 Å². The highest BCUT2D eigenvalue weighted by Crippen LogP contribution is 2.06. The fourth-order valence-electron chi connectivity index (χ4n) is 1.34. The van der Waals surface area contributed by atoms with Crippen molar-refractivity contribution in [2.75, 3.05) is 13.6 Å². The molecule has 0 saturated carbocycles. The van der Waals surface area contributed by atoms with Crippen molar-refractivity contribution in [3.63, 3.8) is 0 Å². The van der Waals surface area contributed by atoms with Gasteiger partial charge in [-0.15, -0.1) is 10.2 Å².